The zero-order valence-electron chi connectivity index (χ0n) is 18.2. The number of esters is 1. The number of hydrogen-bond acceptors (Lipinski definition) is 7. The largest absolute Gasteiger partial charge is 0.573 e. The normalized spacial score (nSPS) is 16.0. The Morgan fingerprint density at radius 3 is 2.47 bits per heavy atom. The van der Waals surface area contributed by atoms with Gasteiger partial charge in [-0.15, -0.1) is 13.2 Å². The van der Waals surface area contributed by atoms with E-state index < -0.39 is 33.0 Å². The molecular formula is C21H21F3N4O5S. The van der Waals surface area contributed by atoms with Crippen LogP contribution < -0.4 is 4.74 Å². The Balaban J connectivity index is 1.78. The second-order valence-electron chi connectivity index (χ2n) is 7.73. The third-order valence-electron chi connectivity index (χ3n) is 5.52. The van der Waals surface area contributed by atoms with Crippen molar-refractivity contribution < 1.29 is 35.9 Å². The smallest absolute Gasteiger partial charge is 0.465 e. The van der Waals surface area contributed by atoms with Crippen LogP contribution >= 0.6 is 0 Å². The van der Waals surface area contributed by atoms with Crippen molar-refractivity contribution in [2.45, 2.75) is 11.3 Å². The van der Waals surface area contributed by atoms with Gasteiger partial charge in [0.1, 0.15) is 16.3 Å². The number of ether oxygens (including phenoxy) is 2. The highest BCUT2D eigenvalue weighted by atomic mass is 32.2. The van der Waals surface area contributed by atoms with Gasteiger partial charge in [-0.25, -0.2) is 18.2 Å². The van der Waals surface area contributed by atoms with Crippen molar-refractivity contribution in [3.05, 3.63) is 42.2 Å². The molecule has 0 atom stereocenters. The van der Waals surface area contributed by atoms with Crippen LogP contribution in [-0.2, 0) is 14.8 Å². The standard InChI is InChI=1S/C21H21F3N4O5S/c1-27-5-7-28(8-6-27)34(30,31)18-4-3-13(10-17(18)33-21(22,23)24)14-9-15-16(20(29)32-2)12-26-19(15)25-11-14/h3-4,9-12H,5-8H2,1-2H3,(H,25,26). The Morgan fingerprint density at radius 2 is 1.82 bits per heavy atom. The molecule has 1 fully saturated rings. The first-order valence-electron chi connectivity index (χ1n) is 10.1. The molecule has 1 aliphatic rings. The molecule has 3 aromatic rings. The van der Waals surface area contributed by atoms with Crippen LogP contribution in [0.5, 0.6) is 5.75 Å². The third-order valence-corrected chi connectivity index (χ3v) is 7.46. The molecular weight excluding hydrogens is 477 g/mol. The van der Waals surface area contributed by atoms with Crippen molar-refractivity contribution in [1.82, 2.24) is 19.2 Å². The van der Waals surface area contributed by atoms with E-state index in [4.69, 9.17) is 4.74 Å². The number of carbonyl (C=O) groups excluding carboxylic acids is 1. The summed E-state index contributed by atoms with van der Waals surface area (Å²) in [6.07, 6.45) is -2.30. The molecule has 0 aliphatic carbocycles. The molecule has 0 amide bonds. The van der Waals surface area contributed by atoms with Crippen molar-refractivity contribution in [3.8, 4) is 16.9 Å². The highest BCUT2D eigenvalue weighted by molar-refractivity contribution is 7.89. The predicted molar refractivity (Wildman–Crippen MR) is 116 cm³/mol. The van der Waals surface area contributed by atoms with Crippen molar-refractivity contribution in [1.29, 1.82) is 0 Å². The highest BCUT2D eigenvalue weighted by Crippen LogP contribution is 2.36. The first-order valence-corrected chi connectivity index (χ1v) is 11.6. The molecule has 0 spiro atoms. The molecule has 0 bridgehead atoms. The van der Waals surface area contributed by atoms with Gasteiger partial charge in [-0.1, -0.05) is 6.07 Å². The molecule has 182 valence electrons. The molecule has 1 N–H and O–H groups in total. The van der Waals surface area contributed by atoms with Gasteiger partial charge in [0.25, 0.3) is 0 Å². The van der Waals surface area contributed by atoms with Crippen LogP contribution in [0, 0.1) is 0 Å². The highest BCUT2D eigenvalue weighted by Gasteiger charge is 2.36. The number of fused-ring (bicyclic) bond motifs is 1. The van der Waals surface area contributed by atoms with Crippen molar-refractivity contribution >= 4 is 27.0 Å². The first-order chi connectivity index (χ1) is 16.0. The topological polar surface area (TPSA) is 105 Å². The monoisotopic (exact) mass is 498 g/mol. The van der Waals surface area contributed by atoms with E-state index in [1.54, 1.807) is 6.07 Å². The lowest BCUT2D eigenvalue weighted by Gasteiger charge is -2.32. The fourth-order valence-electron chi connectivity index (χ4n) is 3.71. The number of likely N-dealkylation sites (N-methyl/N-ethyl adjacent to an activating group) is 1. The van der Waals surface area contributed by atoms with Crippen LogP contribution in [0.1, 0.15) is 10.4 Å². The first kappa shape index (κ1) is 24.0. The average Bonchev–Trinajstić information content (AvgIpc) is 3.21. The minimum Gasteiger partial charge on any atom is -0.465 e. The van der Waals surface area contributed by atoms with Gasteiger partial charge >= 0.3 is 12.3 Å². The van der Waals surface area contributed by atoms with Gasteiger partial charge in [-0.05, 0) is 30.8 Å². The van der Waals surface area contributed by atoms with Crippen molar-refractivity contribution in [2.75, 3.05) is 40.3 Å². The second-order valence-corrected chi connectivity index (χ2v) is 9.64. The molecule has 2 aromatic heterocycles. The van der Waals surface area contributed by atoms with Crippen LogP contribution in [0.2, 0.25) is 0 Å². The molecule has 0 unspecified atom stereocenters. The lowest BCUT2D eigenvalue weighted by Crippen LogP contribution is -2.47. The summed E-state index contributed by atoms with van der Waals surface area (Å²) in [5.41, 5.74) is 1.16. The number of pyridine rings is 1. The Morgan fingerprint density at radius 1 is 1.12 bits per heavy atom. The van der Waals surface area contributed by atoms with Crippen LogP contribution in [-0.4, -0.2) is 80.3 Å². The molecule has 0 saturated carbocycles. The van der Waals surface area contributed by atoms with Crippen LogP contribution in [0.15, 0.2) is 41.6 Å². The number of alkyl halides is 3. The van der Waals surface area contributed by atoms with Gasteiger partial charge in [0.05, 0.1) is 12.7 Å². The van der Waals surface area contributed by atoms with E-state index in [1.165, 1.54) is 25.6 Å². The van der Waals surface area contributed by atoms with Crippen molar-refractivity contribution in [2.24, 2.45) is 0 Å². The summed E-state index contributed by atoms with van der Waals surface area (Å²) in [5, 5.41) is 0.400. The second kappa shape index (κ2) is 8.89. The van der Waals surface area contributed by atoms with Gasteiger partial charge in [-0.3, -0.25) is 0 Å². The quantitative estimate of drug-likeness (QED) is 0.540. The van der Waals surface area contributed by atoms with Crippen molar-refractivity contribution in [3.63, 3.8) is 0 Å². The summed E-state index contributed by atoms with van der Waals surface area (Å²) < 4.78 is 75.8. The van der Waals surface area contributed by atoms with E-state index in [0.29, 0.717) is 29.7 Å². The Labute approximate surface area is 193 Å². The fraction of sp³-hybridized carbons (Fsp3) is 0.333. The van der Waals surface area contributed by atoms with Gasteiger partial charge in [0.2, 0.25) is 10.0 Å². The molecule has 34 heavy (non-hydrogen) atoms. The van der Waals surface area contributed by atoms with E-state index in [-0.39, 0.29) is 24.2 Å². The third kappa shape index (κ3) is 4.72. The van der Waals surface area contributed by atoms with E-state index in [9.17, 15) is 26.4 Å². The predicted octanol–water partition coefficient (Wildman–Crippen LogP) is 2.85. The van der Waals surface area contributed by atoms with Crippen LogP contribution in [0.25, 0.3) is 22.2 Å². The fourth-order valence-corrected chi connectivity index (χ4v) is 5.23. The molecule has 1 saturated heterocycles. The molecule has 13 heteroatoms. The zero-order chi connectivity index (χ0) is 24.7. The number of hydrogen-bond donors (Lipinski definition) is 1. The number of aromatic nitrogens is 2. The van der Waals surface area contributed by atoms with E-state index in [0.717, 1.165) is 16.4 Å². The molecule has 9 nitrogen and oxygen atoms in total. The van der Waals surface area contributed by atoms with E-state index >= 15 is 0 Å². The number of carbonyl (C=O) groups is 1. The Hall–Kier alpha value is -3.16. The Kier molecular flexibility index (Phi) is 6.27. The van der Waals surface area contributed by atoms with E-state index in [1.807, 2.05) is 11.9 Å². The minimum atomic E-state index is -5.11. The summed E-state index contributed by atoms with van der Waals surface area (Å²) in [5.74, 6) is -1.45. The summed E-state index contributed by atoms with van der Waals surface area (Å²) >= 11 is 0. The minimum absolute atomic E-state index is 0.149. The Bertz CT molecular complexity index is 1330. The molecule has 3 heterocycles. The molecule has 1 aromatic carbocycles. The number of halogens is 3. The number of H-pyrrole nitrogens is 1. The number of aromatic amines is 1. The van der Waals surface area contributed by atoms with Gasteiger partial charge in [0.15, 0.2) is 0 Å². The molecule has 4 rings (SSSR count). The number of rotatable bonds is 5. The number of sulfonamides is 1. The lowest BCUT2D eigenvalue weighted by atomic mass is 10.1. The summed E-state index contributed by atoms with van der Waals surface area (Å²) in [6.45, 7) is 1.21. The zero-order valence-corrected chi connectivity index (χ0v) is 19.0. The number of nitrogens with zero attached hydrogens (tertiary/aromatic N) is 3. The van der Waals surface area contributed by atoms with Crippen LogP contribution in [0.4, 0.5) is 13.2 Å². The van der Waals surface area contributed by atoms with Gasteiger partial charge in [0, 0.05) is 49.5 Å². The number of benzene rings is 1. The number of piperazine rings is 1. The van der Waals surface area contributed by atoms with Gasteiger partial charge in [-0.2, -0.15) is 4.31 Å². The maximum Gasteiger partial charge on any atom is 0.573 e. The van der Waals surface area contributed by atoms with Crippen LogP contribution in [0.3, 0.4) is 0 Å². The summed E-state index contributed by atoms with van der Waals surface area (Å²) in [4.78, 5) is 20.3. The molecule has 1 aliphatic heterocycles. The average molecular weight is 498 g/mol. The number of methoxy groups -OCH3 is 1. The maximum atomic E-state index is 13.2. The summed E-state index contributed by atoms with van der Waals surface area (Å²) in [6, 6.07) is 5.02. The maximum absolute atomic E-state index is 13.2. The molecule has 0 radical (unpaired) electrons. The number of nitrogens with one attached hydrogen (secondary N) is 1. The van der Waals surface area contributed by atoms with E-state index in [2.05, 4.69) is 14.7 Å². The SMILES string of the molecule is COC(=O)c1c[nH]c2ncc(-c3ccc(S(=O)(=O)N4CCN(C)CC4)c(OC(F)(F)F)c3)cc12. The summed E-state index contributed by atoms with van der Waals surface area (Å²) in [7, 11) is -1.18. The van der Waals surface area contributed by atoms with Gasteiger partial charge < -0.3 is 19.4 Å². The lowest BCUT2D eigenvalue weighted by molar-refractivity contribution is -0.275.